The van der Waals surface area contributed by atoms with Gasteiger partial charge < -0.3 is 0 Å². The van der Waals surface area contributed by atoms with Gasteiger partial charge in [-0.2, -0.15) is 0 Å². The van der Waals surface area contributed by atoms with E-state index in [0.717, 1.165) is 24.2 Å². The fourth-order valence-electron chi connectivity index (χ4n) is 1.53. The lowest BCUT2D eigenvalue weighted by molar-refractivity contribution is 0.299. The third-order valence-electron chi connectivity index (χ3n) is 2.29. The number of benzene rings is 1. The summed E-state index contributed by atoms with van der Waals surface area (Å²) in [6.07, 6.45) is 0. The summed E-state index contributed by atoms with van der Waals surface area (Å²) >= 11 is 0. The number of nitrogens with zero attached hydrogens (tertiary/aromatic N) is 1. The van der Waals surface area contributed by atoms with E-state index in [1.54, 1.807) is 6.07 Å². The summed E-state index contributed by atoms with van der Waals surface area (Å²) in [5.74, 6) is -0.127. The number of hydrogen-bond donors (Lipinski definition) is 0. The highest BCUT2D eigenvalue weighted by atomic mass is 19.1. The van der Waals surface area contributed by atoms with E-state index in [2.05, 4.69) is 18.4 Å². The van der Waals surface area contributed by atoms with Crippen LogP contribution in [0.25, 0.3) is 0 Å². The molecule has 0 aliphatic heterocycles. The van der Waals surface area contributed by atoms with E-state index >= 15 is 0 Å². The van der Waals surface area contributed by atoms with E-state index in [0.29, 0.717) is 6.54 Å². The summed E-state index contributed by atoms with van der Waals surface area (Å²) < 4.78 is 13.4. The van der Waals surface area contributed by atoms with E-state index in [1.807, 2.05) is 19.1 Å². The van der Waals surface area contributed by atoms with Crippen molar-refractivity contribution in [2.45, 2.75) is 20.4 Å². The first kappa shape index (κ1) is 11.9. The predicted octanol–water partition coefficient (Wildman–Crippen LogP) is 3.22. The Morgan fingerprint density at radius 3 is 2.60 bits per heavy atom. The van der Waals surface area contributed by atoms with Crippen molar-refractivity contribution in [1.29, 1.82) is 0 Å². The second-order valence-corrected chi connectivity index (χ2v) is 3.85. The largest absolute Gasteiger partial charge is 0.295 e. The summed E-state index contributed by atoms with van der Waals surface area (Å²) in [4.78, 5) is 2.17. The molecule has 15 heavy (non-hydrogen) atoms. The summed E-state index contributed by atoms with van der Waals surface area (Å²) in [6.45, 7) is 10.3. The standard InChI is InChI=1S/C13H18FN/c1-4-15(9-11(2)3)10-12-7-5-6-8-13(12)14/h5-8H,2,4,9-10H2,1,3H3. The first-order chi connectivity index (χ1) is 7.13. The molecule has 0 bridgehead atoms. The van der Waals surface area contributed by atoms with E-state index in [9.17, 15) is 4.39 Å². The minimum absolute atomic E-state index is 0.127. The first-order valence-electron chi connectivity index (χ1n) is 5.23. The molecule has 1 aromatic carbocycles. The van der Waals surface area contributed by atoms with Crippen LogP contribution in [0.1, 0.15) is 19.4 Å². The summed E-state index contributed by atoms with van der Waals surface area (Å²) in [6, 6.07) is 6.92. The lowest BCUT2D eigenvalue weighted by Crippen LogP contribution is -2.24. The van der Waals surface area contributed by atoms with Crippen molar-refractivity contribution in [1.82, 2.24) is 4.90 Å². The third-order valence-corrected chi connectivity index (χ3v) is 2.29. The van der Waals surface area contributed by atoms with Crippen LogP contribution in [0.3, 0.4) is 0 Å². The van der Waals surface area contributed by atoms with Crippen molar-refractivity contribution < 1.29 is 4.39 Å². The van der Waals surface area contributed by atoms with Gasteiger partial charge in [0.05, 0.1) is 0 Å². The Balaban J connectivity index is 2.66. The van der Waals surface area contributed by atoms with Crippen molar-refractivity contribution >= 4 is 0 Å². The van der Waals surface area contributed by atoms with Crippen molar-refractivity contribution in [2.75, 3.05) is 13.1 Å². The number of rotatable bonds is 5. The molecule has 0 aliphatic carbocycles. The minimum Gasteiger partial charge on any atom is -0.295 e. The number of halogens is 1. The zero-order chi connectivity index (χ0) is 11.3. The van der Waals surface area contributed by atoms with Crippen LogP contribution in [0.15, 0.2) is 36.4 Å². The Kier molecular flexibility index (Phi) is 4.50. The second-order valence-electron chi connectivity index (χ2n) is 3.85. The van der Waals surface area contributed by atoms with Crippen molar-refractivity contribution in [3.8, 4) is 0 Å². The normalized spacial score (nSPS) is 10.7. The fourth-order valence-corrected chi connectivity index (χ4v) is 1.53. The van der Waals surface area contributed by atoms with Crippen LogP contribution >= 0.6 is 0 Å². The molecule has 0 unspecified atom stereocenters. The topological polar surface area (TPSA) is 3.24 Å². The van der Waals surface area contributed by atoms with Crippen LogP contribution in [0, 0.1) is 5.82 Å². The highest BCUT2D eigenvalue weighted by molar-refractivity contribution is 5.17. The Morgan fingerprint density at radius 2 is 2.07 bits per heavy atom. The van der Waals surface area contributed by atoms with Crippen LogP contribution in [-0.2, 0) is 6.54 Å². The molecule has 0 fully saturated rings. The average Bonchev–Trinajstić information content (AvgIpc) is 2.19. The Labute approximate surface area is 91.2 Å². The van der Waals surface area contributed by atoms with Gasteiger partial charge in [0.25, 0.3) is 0 Å². The summed E-state index contributed by atoms with van der Waals surface area (Å²) in [5, 5.41) is 0. The predicted molar refractivity (Wildman–Crippen MR) is 62.2 cm³/mol. The molecule has 0 N–H and O–H groups in total. The molecule has 2 heteroatoms. The SMILES string of the molecule is C=C(C)CN(CC)Cc1ccccc1F. The lowest BCUT2D eigenvalue weighted by atomic mass is 10.2. The van der Waals surface area contributed by atoms with Gasteiger partial charge >= 0.3 is 0 Å². The maximum absolute atomic E-state index is 13.4. The van der Waals surface area contributed by atoms with Crippen LogP contribution in [-0.4, -0.2) is 18.0 Å². The molecule has 0 spiro atoms. The van der Waals surface area contributed by atoms with Gasteiger partial charge in [-0.1, -0.05) is 37.3 Å². The van der Waals surface area contributed by atoms with Gasteiger partial charge in [-0.15, -0.1) is 0 Å². The van der Waals surface area contributed by atoms with E-state index in [1.165, 1.54) is 6.07 Å². The van der Waals surface area contributed by atoms with Crippen molar-refractivity contribution in [3.05, 3.63) is 47.8 Å². The highest BCUT2D eigenvalue weighted by Crippen LogP contribution is 2.10. The van der Waals surface area contributed by atoms with Crippen LogP contribution in [0.2, 0.25) is 0 Å². The zero-order valence-corrected chi connectivity index (χ0v) is 9.46. The monoisotopic (exact) mass is 207 g/mol. The van der Waals surface area contributed by atoms with Gasteiger partial charge in [0, 0.05) is 18.7 Å². The van der Waals surface area contributed by atoms with Crippen LogP contribution < -0.4 is 0 Å². The smallest absolute Gasteiger partial charge is 0.127 e. The van der Waals surface area contributed by atoms with Crippen LogP contribution in [0.4, 0.5) is 4.39 Å². The van der Waals surface area contributed by atoms with Crippen molar-refractivity contribution in [3.63, 3.8) is 0 Å². The van der Waals surface area contributed by atoms with Gasteiger partial charge in [-0.3, -0.25) is 4.90 Å². The Hall–Kier alpha value is -1.15. The molecular weight excluding hydrogens is 189 g/mol. The molecule has 1 nitrogen and oxygen atoms in total. The van der Waals surface area contributed by atoms with E-state index in [4.69, 9.17) is 0 Å². The highest BCUT2D eigenvalue weighted by Gasteiger charge is 2.06. The fraction of sp³-hybridized carbons (Fsp3) is 0.385. The molecule has 0 saturated heterocycles. The van der Waals surface area contributed by atoms with Gasteiger partial charge in [-0.25, -0.2) is 4.39 Å². The van der Waals surface area contributed by atoms with Gasteiger partial charge in [0.2, 0.25) is 0 Å². The molecule has 1 aromatic rings. The zero-order valence-electron chi connectivity index (χ0n) is 9.46. The number of hydrogen-bond acceptors (Lipinski definition) is 1. The minimum atomic E-state index is -0.127. The molecule has 0 amide bonds. The van der Waals surface area contributed by atoms with Crippen molar-refractivity contribution in [2.24, 2.45) is 0 Å². The van der Waals surface area contributed by atoms with E-state index in [-0.39, 0.29) is 5.82 Å². The maximum atomic E-state index is 13.4. The molecule has 82 valence electrons. The first-order valence-corrected chi connectivity index (χ1v) is 5.23. The van der Waals surface area contributed by atoms with E-state index < -0.39 is 0 Å². The molecule has 0 heterocycles. The molecule has 0 atom stereocenters. The summed E-state index contributed by atoms with van der Waals surface area (Å²) in [7, 11) is 0. The second kappa shape index (κ2) is 5.66. The summed E-state index contributed by atoms with van der Waals surface area (Å²) in [5.41, 5.74) is 1.86. The molecule has 0 aromatic heterocycles. The Morgan fingerprint density at radius 1 is 1.40 bits per heavy atom. The Bertz CT molecular complexity index is 333. The molecule has 1 rings (SSSR count). The van der Waals surface area contributed by atoms with Gasteiger partial charge in [-0.05, 0) is 19.5 Å². The average molecular weight is 207 g/mol. The van der Waals surface area contributed by atoms with Crippen LogP contribution in [0.5, 0.6) is 0 Å². The maximum Gasteiger partial charge on any atom is 0.127 e. The molecule has 0 aliphatic rings. The lowest BCUT2D eigenvalue weighted by Gasteiger charge is -2.20. The molecular formula is C13H18FN. The molecule has 0 radical (unpaired) electrons. The quantitative estimate of drug-likeness (QED) is 0.670. The third kappa shape index (κ3) is 3.84. The van der Waals surface area contributed by atoms with Gasteiger partial charge in [0.15, 0.2) is 0 Å². The van der Waals surface area contributed by atoms with Gasteiger partial charge in [0.1, 0.15) is 5.82 Å². The molecule has 0 saturated carbocycles. The number of likely N-dealkylation sites (N-methyl/N-ethyl adjacent to an activating group) is 1.